The summed E-state index contributed by atoms with van der Waals surface area (Å²) in [5.41, 5.74) is -0.695. The summed E-state index contributed by atoms with van der Waals surface area (Å²) in [7, 11) is 2.37. The Morgan fingerprint density at radius 1 is 1.46 bits per heavy atom. The summed E-state index contributed by atoms with van der Waals surface area (Å²) in [5, 5.41) is 0.140. The molecule has 1 rings (SSSR count). The Morgan fingerprint density at radius 2 is 2.00 bits per heavy atom. The van der Waals surface area contributed by atoms with Crippen LogP contribution in [0.2, 0.25) is 5.02 Å². The minimum Gasteiger partial charge on any atom is -0.316 e. The molecular formula is C6H5Cl2NO3S. The van der Waals surface area contributed by atoms with Crippen LogP contribution in [0.15, 0.2) is 22.0 Å². The number of nitrogens with zero attached hydrogens (tertiary/aromatic N) is 1. The summed E-state index contributed by atoms with van der Waals surface area (Å²) in [6, 6.07) is 1.02. The van der Waals surface area contributed by atoms with Crippen LogP contribution in [0.25, 0.3) is 0 Å². The highest BCUT2D eigenvalue weighted by molar-refractivity contribution is 8.13. The summed E-state index contributed by atoms with van der Waals surface area (Å²) in [4.78, 5) is 10.7. The molecule has 0 aliphatic heterocycles. The Hall–Kier alpha value is -0.520. The Bertz CT molecular complexity index is 491. The van der Waals surface area contributed by atoms with Gasteiger partial charge in [0, 0.05) is 23.9 Å². The second kappa shape index (κ2) is 3.32. The van der Waals surface area contributed by atoms with Gasteiger partial charge in [-0.1, -0.05) is 11.6 Å². The summed E-state index contributed by atoms with van der Waals surface area (Å²) >= 11 is 5.55. The third-order valence-electron chi connectivity index (χ3n) is 1.38. The van der Waals surface area contributed by atoms with Gasteiger partial charge in [0.1, 0.15) is 4.90 Å². The van der Waals surface area contributed by atoms with Crippen molar-refractivity contribution in [2.45, 2.75) is 4.90 Å². The molecule has 1 aromatic heterocycles. The molecule has 4 nitrogen and oxygen atoms in total. The largest absolute Gasteiger partial charge is 0.316 e. The van der Waals surface area contributed by atoms with Gasteiger partial charge in [-0.05, 0) is 6.07 Å². The molecule has 0 fully saturated rings. The predicted molar refractivity (Wildman–Crippen MR) is 49.7 cm³/mol. The standard InChI is InChI=1S/C6H5Cl2NO3S/c1-9-3-4(7)2-5(6(9)10)13(8,11)12/h2-3H,1H3. The number of hydrogen-bond acceptors (Lipinski definition) is 3. The molecule has 0 amide bonds. The lowest BCUT2D eigenvalue weighted by molar-refractivity contribution is 0.606. The van der Waals surface area contributed by atoms with E-state index in [0.717, 1.165) is 10.6 Å². The molecule has 0 radical (unpaired) electrons. The van der Waals surface area contributed by atoms with E-state index in [1.807, 2.05) is 0 Å². The van der Waals surface area contributed by atoms with Crippen LogP contribution in [-0.2, 0) is 16.1 Å². The quantitative estimate of drug-likeness (QED) is 0.689. The van der Waals surface area contributed by atoms with E-state index in [2.05, 4.69) is 0 Å². The van der Waals surface area contributed by atoms with Gasteiger partial charge in [0.15, 0.2) is 0 Å². The lowest BCUT2D eigenvalue weighted by atomic mass is 10.5. The fraction of sp³-hybridized carbons (Fsp3) is 0.167. The van der Waals surface area contributed by atoms with Crippen LogP contribution in [0.1, 0.15) is 0 Å². The highest BCUT2D eigenvalue weighted by Crippen LogP contribution is 2.14. The second-order valence-corrected chi connectivity index (χ2v) is 5.35. The normalized spacial score (nSPS) is 11.6. The van der Waals surface area contributed by atoms with Gasteiger partial charge in [-0.2, -0.15) is 0 Å². The molecular weight excluding hydrogens is 237 g/mol. The van der Waals surface area contributed by atoms with Crippen molar-refractivity contribution in [2.75, 3.05) is 0 Å². The molecule has 0 saturated carbocycles. The molecule has 0 aliphatic rings. The van der Waals surface area contributed by atoms with Crippen molar-refractivity contribution in [1.29, 1.82) is 0 Å². The second-order valence-electron chi connectivity index (χ2n) is 2.38. The highest BCUT2D eigenvalue weighted by Gasteiger charge is 2.16. The zero-order chi connectivity index (χ0) is 10.2. The molecule has 0 bridgehead atoms. The van der Waals surface area contributed by atoms with E-state index in [9.17, 15) is 13.2 Å². The Balaban J connectivity index is 3.66. The lowest BCUT2D eigenvalue weighted by Gasteiger charge is -2.00. The van der Waals surface area contributed by atoms with Gasteiger partial charge in [-0.3, -0.25) is 4.79 Å². The molecule has 1 aromatic rings. The molecule has 0 spiro atoms. The predicted octanol–water partition coefficient (Wildman–Crippen LogP) is 0.966. The summed E-state index contributed by atoms with van der Waals surface area (Å²) in [6.45, 7) is 0. The van der Waals surface area contributed by atoms with Gasteiger partial charge < -0.3 is 4.57 Å². The van der Waals surface area contributed by atoms with Crippen molar-refractivity contribution in [3.63, 3.8) is 0 Å². The van der Waals surface area contributed by atoms with Crippen molar-refractivity contribution in [3.8, 4) is 0 Å². The van der Waals surface area contributed by atoms with Crippen molar-refractivity contribution in [2.24, 2.45) is 7.05 Å². The molecule has 7 heteroatoms. The first-order chi connectivity index (χ1) is 5.82. The van der Waals surface area contributed by atoms with Crippen LogP contribution < -0.4 is 5.56 Å². The van der Waals surface area contributed by atoms with E-state index in [4.69, 9.17) is 22.3 Å². The maximum Gasteiger partial charge on any atom is 0.270 e. The Morgan fingerprint density at radius 3 is 2.46 bits per heavy atom. The van der Waals surface area contributed by atoms with Gasteiger partial charge in [-0.15, -0.1) is 0 Å². The Labute approximate surface area is 84.1 Å². The van der Waals surface area contributed by atoms with Gasteiger partial charge in [-0.25, -0.2) is 8.42 Å². The number of rotatable bonds is 1. The van der Waals surface area contributed by atoms with Crippen LogP contribution >= 0.6 is 22.3 Å². The molecule has 1 heterocycles. The maximum atomic E-state index is 11.2. The van der Waals surface area contributed by atoms with E-state index in [0.29, 0.717) is 0 Å². The minimum absolute atomic E-state index is 0.140. The van der Waals surface area contributed by atoms with E-state index in [-0.39, 0.29) is 5.02 Å². The fourth-order valence-corrected chi connectivity index (χ4v) is 2.09. The van der Waals surface area contributed by atoms with E-state index in [1.165, 1.54) is 13.2 Å². The van der Waals surface area contributed by atoms with Crippen LogP contribution in [0.4, 0.5) is 0 Å². The van der Waals surface area contributed by atoms with Crippen molar-refractivity contribution < 1.29 is 8.42 Å². The first kappa shape index (κ1) is 10.6. The molecule has 0 saturated heterocycles. The zero-order valence-electron chi connectivity index (χ0n) is 6.49. The zero-order valence-corrected chi connectivity index (χ0v) is 8.82. The van der Waals surface area contributed by atoms with E-state index < -0.39 is 19.5 Å². The summed E-state index contributed by atoms with van der Waals surface area (Å²) < 4.78 is 22.8. The molecule has 13 heavy (non-hydrogen) atoms. The van der Waals surface area contributed by atoms with E-state index in [1.54, 1.807) is 0 Å². The average Bonchev–Trinajstić information content (AvgIpc) is 1.94. The van der Waals surface area contributed by atoms with Crippen LogP contribution in [-0.4, -0.2) is 13.0 Å². The third kappa shape index (κ3) is 2.24. The number of aromatic nitrogens is 1. The van der Waals surface area contributed by atoms with Crippen molar-refractivity contribution >= 4 is 31.3 Å². The topological polar surface area (TPSA) is 56.1 Å². The fourth-order valence-electron chi connectivity index (χ4n) is 0.816. The van der Waals surface area contributed by atoms with E-state index >= 15 is 0 Å². The molecule has 0 aliphatic carbocycles. The van der Waals surface area contributed by atoms with Crippen LogP contribution in [0.5, 0.6) is 0 Å². The SMILES string of the molecule is Cn1cc(Cl)cc(S(=O)(=O)Cl)c1=O. The lowest BCUT2D eigenvalue weighted by Crippen LogP contribution is -2.21. The third-order valence-corrected chi connectivity index (χ3v) is 2.90. The smallest absolute Gasteiger partial charge is 0.270 e. The monoisotopic (exact) mass is 241 g/mol. The molecule has 0 aromatic carbocycles. The van der Waals surface area contributed by atoms with Crippen molar-refractivity contribution in [3.05, 3.63) is 27.6 Å². The maximum absolute atomic E-state index is 11.2. The van der Waals surface area contributed by atoms with Crippen LogP contribution in [0, 0.1) is 0 Å². The average molecular weight is 242 g/mol. The van der Waals surface area contributed by atoms with Crippen LogP contribution in [0.3, 0.4) is 0 Å². The minimum atomic E-state index is -4.02. The highest BCUT2D eigenvalue weighted by atomic mass is 35.7. The number of halogens is 2. The number of aryl methyl sites for hydroxylation is 1. The number of hydrogen-bond donors (Lipinski definition) is 0. The van der Waals surface area contributed by atoms with Gasteiger partial charge in [0.05, 0.1) is 5.02 Å². The van der Waals surface area contributed by atoms with Gasteiger partial charge >= 0.3 is 0 Å². The van der Waals surface area contributed by atoms with Crippen molar-refractivity contribution in [1.82, 2.24) is 4.57 Å². The molecule has 0 atom stereocenters. The molecule has 0 unspecified atom stereocenters. The van der Waals surface area contributed by atoms with Gasteiger partial charge in [0.25, 0.3) is 14.6 Å². The van der Waals surface area contributed by atoms with Gasteiger partial charge in [0.2, 0.25) is 0 Å². The first-order valence-corrected chi connectivity index (χ1v) is 5.82. The first-order valence-electron chi connectivity index (χ1n) is 3.13. The molecule has 72 valence electrons. The number of pyridine rings is 1. The summed E-state index contributed by atoms with van der Waals surface area (Å²) in [6.07, 6.45) is 1.30. The summed E-state index contributed by atoms with van der Waals surface area (Å²) in [5.74, 6) is 0. The Kier molecular flexibility index (Phi) is 2.70. The molecule has 0 N–H and O–H groups in total.